The highest BCUT2D eigenvalue weighted by molar-refractivity contribution is 5.36. The van der Waals surface area contributed by atoms with Gasteiger partial charge < -0.3 is 4.74 Å². The van der Waals surface area contributed by atoms with Crippen LogP contribution in [0.5, 0.6) is 0 Å². The number of aryl methyl sites for hydroxylation is 1. The van der Waals surface area contributed by atoms with Crippen molar-refractivity contribution in [2.45, 2.75) is 83.2 Å². The average Bonchev–Trinajstić information content (AvgIpc) is 2.66. The van der Waals surface area contributed by atoms with E-state index in [9.17, 15) is 0 Å². The molecule has 2 saturated carbocycles. The van der Waals surface area contributed by atoms with Crippen LogP contribution in [0.1, 0.15) is 80.9 Å². The molecule has 5 unspecified atom stereocenters. The third kappa shape index (κ3) is 3.29. The summed E-state index contributed by atoms with van der Waals surface area (Å²) in [4.78, 5) is 0. The minimum absolute atomic E-state index is 0.540. The van der Waals surface area contributed by atoms with Crippen molar-refractivity contribution in [2.24, 2.45) is 17.8 Å². The van der Waals surface area contributed by atoms with Gasteiger partial charge in [-0.1, -0.05) is 31.5 Å². The smallest absolute Gasteiger partial charge is 0.0574 e. The standard InChI is InChI=1S/C23H34O/c1-3-16-4-5-18-13-19(7-6-17(18)12-16)20-8-9-22-15-23(24-2)11-10-21(22)14-20/h6-7,13,16,20-23H,3-5,8-12,14-15H2,1-2H3. The van der Waals surface area contributed by atoms with Crippen molar-refractivity contribution < 1.29 is 4.74 Å². The highest BCUT2D eigenvalue weighted by Crippen LogP contribution is 2.47. The number of methoxy groups -OCH3 is 1. The van der Waals surface area contributed by atoms with Gasteiger partial charge in [0.2, 0.25) is 0 Å². The minimum atomic E-state index is 0.540. The van der Waals surface area contributed by atoms with E-state index in [4.69, 9.17) is 4.74 Å². The van der Waals surface area contributed by atoms with Crippen molar-refractivity contribution in [3.05, 3.63) is 34.9 Å². The van der Waals surface area contributed by atoms with E-state index in [-0.39, 0.29) is 0 Å². The van der Waals surface area contributed by atoms with Crippen LogP contribution in [-0.4, -0.2) is 13.2 Å². The monoisotopic (exact) mass is 326 g/mol. The Morgan fingerprint density at radius 1 is 0.958 bits per heavy atom. The van der Waals surface area contributed by atoms with Crippen molar-refractivity contribution in [1.82, 2.24) is 0 Å². The SMILES string of the molecule is CCC1CCc2cc(C3CCC4CC(OC)CCC4C3)ccc2C1. The molecule has 1 heteroatoms. The highest BCUT2D eigenvalue weighted by Gasteiger charge is 2.36. The van der Waals surface area contributed by atoms with E-state index in [1.54, 1.807) is 16.7 Å². The van der Waals surface area contributed by atoms with Gasteiger partial charge in [0.1, 0.15) is 0 Å². The second kappa shape index (κ2) is 7.20. The van der Waals surface area contributed by atoms with Crippen LogP contribution < -0.4 is 0 Å². The molecular weight excluding hydrogens is 292 g/mol. The number of benzene rings is 1. The van der Waals surface area contributed by atoms with Gasteiger partial charge in [0.25, 0.3) is 0 Å². The fourth-order valence-electron chi connectivity index (χ4n) is 5.82. The fourth-order valence-corrected chi connectivity index (χ4v) is 5.82. The molecule has 24 heavy (non-hydrogen) atoms. The molecule has 2 fully saturated rings. The molecule has 0 N–H and O–H groups in total. The first-order valence-corrected chi connectivity index (χ1v) is 10.4. The maximum Gasteiger partial charge on any atom is 0.0574 e. The lowest BCUT2D eigenvalue weighted by molar-refractivity contribution is 0.0123. The predicted octanol–water partition coefficient (Wildman–Crippen LogP) is 5.90. The Hall–Kier alpha value is -0.820. The lowest BCUT2D eigenvalue weighted by Crippen LogP contribution is -2.33. The lowest BCUT2D eigenvalue weighted by Gasteiger charge is -2.42. The summed E-state index contributed by atoms with van der Waals surface area (Å²) in [7, 11) is 1.90. The Kier molecular flexibility index (Phi) is 4.99. The Labute approximate surface area is 148 Å². The number of rotatable bonds is 3. The molecule has 1 aromatic rings. The predicted molar refractivity (Wildman–Crippen MR) is 100 cm³/mol. The van der Waals surface area contributed by atoms with Gasteiger partial charge >= 0.3 is 0 Å². The Bertz CT molecular complexity index is 563. The topological polar surface area (TPSA) is 9.23 Å². The summed E-state index contributed by atoms with van der Waals surface area (Å²) in [5.74, 6) is 3.63. The molecular formula is C23H34O. The quantitative estimate of drug-likeness (QED) is 0.672. The third-order valence-electron chi connectivity index (χ3n) is 7.51. The van der Waals surface area contributed by atoms with Gasteiger partial charge in [-0.05, 0) is 98.1 Å². The summed E-state index contributed by atoms with van der Waals surface area (Å²) in [5.41, 5.74) is 4.96. The van der Waals surface area contributed by atoms with Gasteiger partial charge in [0, 0.05) is 7.11 Å². The molecule has 3 aliphatic rings. The first kappa shape index (κ1) is 16.6. The number of hydrogen-bond acceptors (Lipinski definition) is 1. The summed E-state index contributed by atoms with van der Waals surface area (Å²) >= 11 is 0. The van der Waals surface area contributed by atoms with Gasteiger partial charge in [0.15, 0.2) is 0 Å². The van der Waals surface area contributed by atoms with Crippen LogP contribution >= 0.6 is 0 Å². The normalized spacial score (nSPS) is 36.0. The van der Waals surface area contributed by atoms with Crippen LogP contribution in [0.25, 0.3) is 0 Å². The van der Waals surface area contributed by atoms with Crippen molar-refractivity contribution in [3.63, 3.8) is 0 Å². The molecule has 1 aromatic carbocycles. The maximum absolute atomic E-state index is 5.63. The number of ether oxygens (including phenoxy) is 1. The third-order valence-corrected chi connectivity index (χ3v) is 7.51. The summed E-state index contributed by atoms with van der Waals surface area (Å²) in [6.45, 7) is 2.35. The average molecular weight is 327 g/mol. The molecule has 0 saturated heterocycles. The van der Waals surface area contributed by atoms with Gasteiger partial charge in [-0.2, -0.15) is 0 Å². The largest absolute Gasteiger partial charge is 0.381 e. The fraction of sp³-hybridized carbons (Fsp3) is 0.739. The first-order chi connectivity index (χ1) is 11.8. The van der Waals surface area contributed by atoms with Gasteiger partial charge in [-0.15, -0.1) is 0 Å². The van der Waals surface area contributed by atoms with E-state index in [0.717, 1.165) is 23.7 Å². The molecule has 0 radical (unpaired) electrons. The molecule has 0 amide bonds. The number of hydrogen-bond donors (Lipinski definition) is 0. The first-order valence-electron chi connectivity index (χ1n) is 10.4. The van der Waals surface area contributed by atoms with Crippen LogP contribution in [0, 0.1) is 17.8 Å². The van der Waals surface area contributed by atoms with Gasteiger partial charge in [0.05, 0.1) is 6.10 Å². The summed E-state index contributed by atoms with van der Waals surface area (Å²) < 4.78 is 5.63. The van der Waals surface area contributed by atoms with Crippen LogP contribution in [0.3, 0.4) is 0 Å². The zero-order valence-corrected chi connectivity index (χ0v) is 15.6. The second-order valence-electron chi connectivity index (χ2n) is 8.75. The van der Waals surface area contributed by atoms with Crippen LogP contribution in [0.15, 0.2) is 18.2 Å². The van der Waals surface area contributed by atoms with Crippen molar-refractivity contribution in [1.29, 1.82) is 0 Å². The van der Waals surface area contributed by atoms with Crippen LogP contribution in [0.4, 0.5) is 0 Å². The van der Waals surface area contributed by atoms with E-state index in [1.807, 2.05) is 7.11 Å². The maximum atomic E-state index is 5.63. The molecule has 0 heterocycles. The molecule has 132 valence electrons. The summed E-state index contributed by atoms with van der Waals surface area (Å²) in [5, 5.41) is 0. The van der Waals surface area contributed by atoms with E-state index >= 15 is 0 Å². The molecule has 0 spiro atoms. The highest BCUT2D eigenvalue weighted by atomic mass is 16.5. The summed E-state index contributed by atoms with van der Waals surface area (Å²) in [6, 6.07) is 7.54. The molecule has 5 atom stereocenters. The Morgan fingerprint density at radius 3 is 2.62 bits per heavy atom. The van der Waals surface area contributed by atoms with E-state index < -0.39 is 0 Å². The van der Waals surface area contributed by atoms with E-state index in [2.05, 4.69) is 25.1 Å². The molecule has 0 aromatic heterocycles. The summed E-state index contributed by atoms with van der Waals surface area (Å²) in [6.07, 6.45) is 14.2. The minimum Gasteiger partial charge on any atom is -0.381 e. The van der Waals surface area contributed by atoms with E-state index in [0.29, 0.717) is 6.10 Å². The van der Waals surface area contributed by atoms with Crippen molar-refractivity contribution in [3.8, 4) is 0 Å². The van der Waals surface area contributed by atoms with Gasteiger partial charge in [-0.3, -0.25) is 0 Å². The van der Waals surface area contributed by atoms with Crippen LogP contribution in [0.2, 0.25) is 0 Å². The molecule has 4 rings (SSSR count). The van der Waals surface area contributed by atoms with Crippen molar-refractivity contribution >= 4 is 0 Å². The molecule has 1 nitrogen and oxygen atoms in total. The second-order valence-corrected chi connectivity index (χ2v) is 8.75. The Morgan fingerprint density at radius 2 is 1.79 bits per heavy atom. The number of fused-ring (bicyclic) bond motifs is 2. The molecule has 3 aliphatic carbocycles. The zero-order chi connectivity index (χ0) is 16.5. The lowest BCUT2D eigenvalue weighted by atomic mass is 9.65. The Balaban J connectivity index is 1.44. The van der Waals surface area contributed by atoms with E-state index in [1.165, 1.54) is 64.2 Å². The van der Waals surface area contributed by atoms with Crippen LogP contribution in [-0.2, 0) is 17.6 Å². The zero-order valence-electron chi connectivity index (χ0n) is 15.6. The molecule has 0 aliphatic heterocycles. The van der Waals surface area contributed by atoms with Crippen molar-refractivity contribution in [2.75, 3.05) is 7.11 Å². The molecule has 0 bridgehead atoms. The van der Waals surface area contributed by atoms with Gasteiger partial charge in [-0.25, -0.2) is 0 Å².